The summed E-state index contributed by atoms with van der Waals surface area (Å²) in [5.74, 6) is -10.3. The standard InChI is InChI=1S/C25H29FN4O11/c1-11(31)18(33)16-13(10-30(23(16)38)25(40)3-2-15(32)28-24(25)39)22(37)27-8-12-17(26)21(36)20(35)14(19(12)34)9-29-4-6-41-7-5-29/h27,31,33-37,40H,1-10H2,(H,28,32,39)/b18-16-,22-13-. The third kappa shape index (κ3) is 5.31. The molecule has 0 aliphatic carbocycles. The number of phenols is 3. The molecule has 1 aromatic carbocycles. The van der Waals surface area contributed by atoms with Crippen molar-refractivity contribution in [1.82, 2.24) is 20.4 Å². The lowest BCUT2D eigenvalue weighted by atomic mass is 10.00. The van der Waals surface area contributed by atoms with Crippen LogP contribution in [-0.2, 0) is 32.2 Å². The summed E-state index contributed by atoms with van der Waals surface area (Å²) in [5.41, 5.74) is -4.53. The average molecular weight is 581 g/mol. The lowest BCUT2D eigenvalue weighted by Crippen LogP contribution is -2.63. The van der Waals surface area contributed by atoms with Crippen LogP contribution in [0.15, 0.2) is 35.1 Å². The number of aromatic hydroxyl groups is 3. The summed E-state index contributed by atoms with van der Waals surface area (Å²) in [6, 6.07) is 0. The Morgan fingerprint density at radius 2 is 1.71 bits per heavy atom. The zero-order valence-electron chi connectivity index (χ0n) is 21.6. The fourth-order valence-electron chi connectivity index (χ4n) is 4.76. The Morgan fingerprint density at radius 3 is 2.32 bits per heavy atom. The first-order valence-electron chi connectivity index (χ1n) is 12.4. The van der Waals surface area contributed by atoms with Crippen molar-refractivity contribution in [2.75, 3.05) is 32.8 Å². The molecule has 0 spiro atoms. The van der Waals surface area contributed by atoms with Gasteiger partial charge in [-0.15, -0.1) is 0 Å². The van der Waals surface area contributed by atoms with E-state index in [4.69, 9.17) is 4.74 Å². The number of aliphatic hydroxyl groups excluding tert-OH is 3. The van der Waals surface area contributed by atoms with Crippen LogP contribution in [0.5, 0.6) is 17.2 Å². The van der Waals surface area contributed by atoms with E-state index in [9.17, 15) is 54.5 Å². The first kappa shape index (κ1) is 29.4. The fourth-order valence-corrected chi connectivity index (χ4v) is 4.76. The molecular formula is C25H29FN4O11. The maximum atomic E-state index is 14.9. The summed E-state index contributed by atoms with van der Waals surface area (Å²) >= 11 is 0. The van der Waals surface area contributed by atoms with E-state index in [0.717, 1.165) is 0 Å². The van der Waals surface area contributed by atoms with Gasteiger partial charge in [0.1, 0.15) is 5.75 Å². The molecule has 15 nitrogen and oxygen atoms in total. The average Bonchev–Trinajstić information content (AvgIpc) is 3.29. The second-order valence-corrected chi connectivity index (χ2v) is 9.64. The molecule has 9 N–H and O–H groups in total. The summed E-state index contributed by atoms with van der Waals surface area (Å²) in [6.07, 6.45) is -0.834. The molecule has 1 atom stereocenters. The highest BCUT2D eigenvalue weighted by molar-refractivity contribution is 6.08. The highest BCUT2D eigenvalue weighted by Crippen LogP contribution is 2.42. The zero-order valence-corrected chi connectivity index (χ0v) is 21.6. The van der Waals surface area contributed by atoms with E-state index in [-0.39, 0.29) is 18.5 Å². The third-order valence-corrected chi connectivity index (χ3v) is 7.11. The van der Waals surface area contributed by atoms with Crippen molar-refractivity contribution >= 4 is 17.7 Å². The number of amides is 3. The molecule has 3 heterocycles. The van der Waals surface area contributed by atoms with Crippen molar-refractivity contribution < 1.29 is 59.3 Å². The van der Waals surface area contributed by atoms with E-state index in [1.807, 2.05) is 5.32 Å². The summed E-state index contributed by atoms with van der Waals surface area (Å²) in [7, 11) is 0. The molecule has 0 saturated carbocycles. The van der Waals surface area contributed by atoms with Crippen molar-refractivity contribution in [3.05, 3.63) is 52.1 Å². The highest BCUT2D eigenvalue weighted by Gasteiger charge is 2.53. The van der Waals surface area contributed by atoms with E-state index in [1.165, 1.54) is 0 Å². The summed E-state index contributed by atoms with van der Waals surface area (Å²) in [6.45, 7) is 3.26. The van der Waals surface area contributed by atoms with Gasteiger partial charge in [-0.2, -0.15) is 0 Å². The molecular weight excluding hydrogens is 551 g/mol. The number of halogens is 1. The maximum Gasteiger partial charge on any atom is 0.279 e. The molecule has 1 unspecified atom stereocenters. The topological polar surface area (TPSA) is 233 Å². The Balaban J connectivity index is 1.68. The smallest absolute Gasteiger partial charge is 0.279 e. The molecule has 3 aliphatic heterocycles. The molecule has 16 heteroatoms. The number of hydrogen-bond donors (Lipinski definition) is 9. The molecule has 4 rings (SSSR count). The summed E-state index contributed by atoms with van der Waals surface area (Å²) in [4.78, 5) is 39.5. The number of nitrogens with zero attached hydrogens (tertiary/aromatic N) is 2. The van der Waals surface area contributed by atoms with Crippen LogP contribution in [0.2, 0.25) is 0 Å². The number of nitrogens with one attached hydrogen (secondary N) is 2. The highest BCUT2D eigenvalue weighted by atomic mass is 19.1. The Bertz CT molecular complexity index is 1390. The maximum absolute atomic E-state index is 14.9. The number of hydrogen-bond acceptors (Lipinski definition) is 13. The Morgan fingerprint density at radius 1 is 1.05 bits per heavy atom. The molecule has 1 aromatic rings. The number of morpholine rings is 1. The van der Waals surface area contributed by atoms with Gasteiger partial charge in [0.05, 0.1) is 36.5 Å². The van der Waals surface area contributed by atoms with Gasteiger partial charge in [0.15, 0.2) is 34.7 Å². The molecule has 3 amide bonds. The first-order chi connectivity index (χ1) is 19.3. The van der Waals surface area contributed by atoms with Gasteiger partial charge in [-0.25, -0.2) is 4.39 Å². The minimum Gasteiger partial charge on any atom is -0.507 e. The molecule has 3 aliphatic rings. The van der Waals surface area contributed by atoms with Crippen LogP contribution in [0, 0.1) is 5.82 Å². The second kappa shape index (κ2) is 11.1. The van der Waals surface area contributed by atoms with Crippen LogP contribution in [-0.4, -0.2) is 102 Å². The van der Waals surface area contributed by atoms with Crippen molar-refractivity contribution in [3.63, 3.8) is 0 Å². The number of carbonyl (C=O) groups is 3. The number of aliphatic hydroxyl groups is 4. The van der Waals surface area contributed by atoms with Crippen molar-refractivity contribution in [2.45, 2.75) is 31.7 Å². The molecule has 0 bridgehead atoms. The van der Waals surface area contributed by atoms with Crippen LogP contribution in [0.1, 0.15) is 24.0 Å². The normalized spacial score (nSPS) is 24.3. The van der Waals surface area contributed by atoms with Gasteiger partial charge in [-0.05, 0) is 0 Å². The number of phenolic OH excluding ortho intramolecular Hbond substituents is 3. The Hall–Kier alpha value is -4.54. The van der Waals surface area contributed by atoms with Gasteiger partial charge < -0.3 is 45.8 Å². The Kier molecular flexibility index (Phi) is 8.01. The first-order valence-corrected chi connectivity index (χ1v) is 12.4. The van der Waals surface area contributed by atoms with E-state index in [1.54, 1.807) is 4.90 Å². The van der Waals surface area contributed by atoms with Gasteiger partial charge in [-0.1, -0.05) is 6.58 Å². The number of carbonyl (C=O) groups excluding carboxylic acids is 3. The van der Waals surface area contributed by atoms with Crippen molar-refractivity contribution in [3.8, 4) is 17.2 Å². The quantitative estimate of drug-likeness (QED) is 0.0651. The second-order valence-electron chi connectivity index (χ2n) is 9.64. The lowest BCUT2D eigenvalue weighted by Gasteiger charge is -2.37. The van der Waals surface area contributed by atoms with E-state index >= 15 is 0 Å². The van der Waals surface area contributed by atoms with E-state index in [0.29, 0.717) is 31.2 Å². The van der Waals surface area contributed by atoms with E-state index < -0.39 is 100 Å². The van der Waals surface area contributed by atoms with Crippen LogP contribution >= 0.6 is 0 Å². The molecule has 41 heavy (non-hydrogen) atoms. The van der Waals surface area contributed by atoms with Gasteiger partial charge in [0.25, 0.3) is 11.8 Å². The number of likely N-dealkylation sites (tertiary alicyclic amines) is 1. The van der Waals surface area contributed by atoms with Crippen molar-refractivity contribution in [1.29, 1.82) is 0 Å². The van der Waals surface area contributed by atoms with Gasteiger partial charge in [0.2, 0.25) is 11.6 Å². The van der Waals surface area contributed by atoms with E-state index in [2.05, 4.69) is 11.9 Å². The molecule has 222 valence electrons. The van der Waals surface area contributed by atoms with Gasteiger partial charge >= 0.3 is 0 Å². The monoisotopic (exact) mass is 580 g/mol. The number of ether oxygens (including phenoxy) is 1. The number of imide groups is 1. The minimum atomic E-state index is -2.56. The predicted octanol–water partition coefficient (Wildman–Crippen LogP) is -0.515. The SMILES string of the molecule is C=C(O)/C(O)=C1/C(=O)N(C2(O)CCC(=O)NC2=O)C/C1=C(/O)NCc1c(O)c(CN2CCOCC2)c(O)c(O)c1F. The van der Waals surface area contributed by atoms with Crippen molar-refractivity contribution in [2.24, 2.45) is 0 Å². The van der Waals surface area contributed by atoms with Crippen LogP contribution in [0.4, 0.5) is 4.39 Å². The lowest BCUT2D eigenvalue weighted by molar-refractivity contribution is -0.177. The summed E-state index contributed by atoms with van der Waals surface area (Å²) < 4.78 is 20.2. The van der Waals surface area contributed by atoms with Crippen LogP contribution in [0.25, 0.3) is 0 Å². The predicted molar refractivity (Wildman–Crippen MR) is 134 cm³/mol. The number of rotatable bonds is 7. The Labute approximate surface area is 231 Å². The molecule has 3 fully saturated rings. The molecule has 0 radical (unpaired) electrons. The fraction of sp³-hybridized carbons (Fsp3) is 0.400. The minimum absolute atomic E-state index is 0.0685. The largest absolute Gasteiger partial charge is 0.507 e. The van der Waals surface area contributed by atoms with Gasteiger partial charge in [-0.3, -0.25) is 29.5 Å². The third-order valence-electron chi connectivity index (χ3n) is 7.11. The van der Waals surface area contributed by atoms with Crippen LogP contribution < -0.4 is 10.6 Å². The molecule has 3 saturated heterocycles. The number of benzene rings is 1. The van der Waals surface area contributed by atoms with Gasteiger partial charge in [0, 0.05) is 44.6 Å². The molecule has 0 aromatic heterocycles. The summed E-state index contributed by atoms with van der Waals surface area (Å²) in [5, 5.41) is 77.3. The zero-order chi connectivity index (χ0) is 30.2. The number of piperidine rings is 1. The van der Waals surface area contributed by atoms with Crippen LogP contribution in [0.3, 0.4) is 0 Å².